The van der Waals surface area contributed by atoms with Crippen LogP contribution in [0.1, 0.15) is 89.9 Å². The van der Waals surface area contributed by atoms with Crippen LogP contribution in [0.4, 0.5) is 11.4 Å². The maximum absolute atomic E-state index is 12.2. The van der Waals surface area contributed by atoms with Gasteiger partial charge in [0, 0.05) is 30.7 Å². The topological polar surface area (TPSA) is 87.6 Å². The van der Waals surface area contributed by atoms with Crippen molar-refractivity contribution in [3.63, 3.8) is 0 Å². The van der Waals surface area contributed by atoms with Crippen LogP contribution in [0.3, 0.4) is 0 Å². The number of nitrogens with zero attached hydrogens (tertiary/aromatic N) is 4. The van der Waals surface area contributed by atoms with E-state index in [0.717, 1.165) is 67.3 Å². The third-order valence-electron chi connectivity index (χ3n) is 11.4. The number of aliphatic carboxylic acids is 2. The lowest BCUT2D eigenvalue weighted by molar-refractivity contribution is -0.138. The molecule has 4 heterocycles. The van der Waals surface area contributed by atoms with E-state index in [4.69, 9.17) is 0 Å². The number of hydrogen-bond acceptors (Lipinski definition) is 6. The Bertz CT molecular complexity index is 1190. The first-order chi connectivity index (χ1) is 20.4. The van der Waals surface area contributed by atoms with E-state index in [9.17, 15) is 19.8 Å². The monoisotopic (exact) mass is 576 g/mol. The molecule has 5 fully saturated rings. The molecule has 4 bridgehead atoms. The van der Waals surface area contributed by atoms with Crippen LogP contribution in [0, 0.1) is 11.8 Å². The van der Waals surface area contributed by atoms with Crippen molar-refractivity contribution < 1.29 is 19.8 Å². The van der Waals surface area contributed by atoms with Gasteiger partial charge in [0.15, 0.2) is 0 Å². The van der Waals surface area contributed by atoms with E-state index in [0.29, 0.717) is 24.7 Å². The lowest BCUT2D eigenvalue weighted by Gasteiger charge is -2.56. The molecule has 4 aliphatic heterocycles. The third-order valence-corrected chi connectivity index (χ3v) is 11.4. The number of hydrogen-bond donors (Lipinski definition) is 2. The molecule has 2 aliphatic carbocycles. The first kappa shape index (κ1) is 28.2. The van der Waals surface area contributed by atoms with Crippen LogP contribution in [0.5, 0.6) is 0 Å². The number of rotatable bonds is 6. The summed E-state index contributed by atoms with van der Waals surface area (Å²) >= 11 is 0. The number of piperidine rings is 3. The molecule has 42 heavy (non-hydrogen) atoms. The maximum atomic E-state index is 12.2. The fraction of sp³-hybridized carbons (Fsp3) is 0.706. The van der Waals surface area contributed by atoms with Crippen LogP contribution in [-0.4, -0.2) is 82.3 Å². The maximum Gasteiger partial charge on any atom is 0.323 e. The molecule has 228 valence electrons. The van der Waals surface area contributed by atoms with Crippen molar-refractivity contribution in [1.29, 1.82) is 0 Å². The Morgan fingerprint density at radius 2 is 1.38 bits per heavy atom. The molecule has 7 rings (SSSR count). The van der Waals surface area contributed by atoms with Gasteiger partial charge in [-0.25, -0.2) is 0 Å². The first-order valence-corrected chi connectivity index (χ1v) is 16.8. The quantitative estimate of drug-likeness (QED) is 0.457. The third kappa shape index (κ3) is 5.45. The van der Waals surface area contributed by atoms with Gasteiger partial charge < -0.3 is 20.0 Å². The molecule has 0 amide bonds. The Balaban J connectivity index is 1.21. The fourth-order valence-corrected chi connectivity index (χ4v) is 10.0. The summed E-state index contributed by atoms with van der Waals surface area (Å²) < 4.78 is 0. The largest absolute Gasteiger partial charge is 0.480 e. The highest BCUT2D eigenvalue weighted by molar-refractivity contribution is 5.88. The smallest absolute Gasteiger partial charge is 0.323 e. The van der Waals surface area contributed by atoms with E-state index in [1.807, 2.05) is 15.9 Å². The zero-order valence-electron chi connectivity index (χ0n) is 25.0. The van der Waals surface area contributed by atoms with Crippen molar-refractivity contribution in [3.8, 4) is 0 Å². The van der Waals surface area contributed by atoms with Crippen LogP contribution in [0.15, 0.2) is 35.7 Å². The molecule has 6 aliphatic rings. The fourth-order valence-electron chi connectivity index (χ4n) is 10.0. The highest BCUT2D eigenvalue weighted by atomic mass is 16.4. The predicted octanol–water partition coefficient (Wildman–Crippen LogP) is 5.53. The summed E-state index contributed by atoms with van der Waals surface area (Å²) in [5.74, 6) is 1.21. The average Bonchev–Trinajstić information content (AvgIpc) is 3.17. The van der Waals surface area contributed by atoms with Crippen LogP contribution in [0.2, 0.25) is 0 Å². The summed E-state index contributed by atoms with van der Waals surface area (Å²) in [4.78, 5) is 33.3. The number of benzene rings is 1. The van der Waals surface area contributed by atoms with E-state index in [1.54, 1.807) is 0 Å². The molecule has 8 nitrogen and oxygen atoms in total. The van der Waals surface area contributed by atoms with Gasteiger partial charge in [-0.2, -0.15) is 0 Å². The molecular formula is C34H48N4O4. The summed E-state index contributed by atoms with van der Waals surface area (Å²) in [5, 5.41) is 19.5. The van der Waals surface area contributed by atoms with E-state index in [-0.39, 0.29) is 13.1 Å². The summed E-state index contributed by atoms with van der Waals surface area (Å²) in [6, 6.07) is 10.6. The SMILES string of the molecule is O=C(O)CN1CCC/C(=C2/N(CC(=O)O)c3ccccc3N2C2C[C@H]3CCC[C@@H](C2)N3C2C[C@H]3CCCC[C@@H](C2)C3)C1. The second-order valence-corrected chi connectivity index (χ2v) is 14.2. The van der Waals surface area contributed by atoms with Gasteiger partial charge in [0.05, 0.1) is 17.9 Å². The van der Waals surface area contributed by atoms with Crippen molar-refractivity contribution >= 4 is 23.3 Å². The molecular weight excluding hydrogens is 528 g/mol. The van der Waals surface area contributed by atoms with Gasteiger partial charge in [-0.05, 0) is 93.9 Å². The molecule has 2 unspecified atom stereocenters. The van der Waals surface area contributed by atoms with Crippen molar-refractivity contribution in [2.24, 2.45) is 11.8 Å². The first-order valence-electron chi connectivity index (χ1n) is 16.8. The Morgan fingerprint density at radius 3 is 2.05 bits per heavy atom. The molecule has 3 saturated heterocycles. The molecule has 0 aromatic heterocycles. The van der Waals surface area contributed by atoms with Gasteiger partial charge in [0.25, 0.3) is 0 Å². The van der Waals surface area contributed by atoms with Gasteiger partial charge in [-0.1, -0.05) is 44.2 Å². The number of carboxylic acid groups (broad SMARTS) is 2. The molecule has 8 heteroatoms. The second kappa shape index (κ2) is 11.8. The zero-order valence-corrected chi connectivity index (χ0v) is 25.0. The molecule has 1 aromatic rings. The number of carbonyl (C=O) groups is 2. The van der Waals surface area contributed by atoms with Gasteiger partial charge in [-0.15, -0.1) is 0 Å². The predicted molar refractivity (Wildman–Crippen MR) is 164 cm³/mol. The van der Waals surface area contributed by atoms with Crippen LogP contribution >= 0.6 is 0 Å². The molecule has 6 atom stereocenters. The standard InChI is InChI=1S/C34H48N4O4/c39-32(40)21-35-14-6-9-25(20-35)34-36(22-33(41)42)30-12-3-4-13-31(30)38(34)29-18-26-10-5-11-27(19-29)37(26)28-16-23-7-1-2-8-24(15-23)17-28/h3-4,12-13,23-24,26-29H,1-2,5-11,14-22H2,(H,39,40)(H,41,42)/b34-25+/t23-,24+,26-,27+,28?,29?. The number of carboxylic acids is 2. The minimum atomic E-state index is -0.839. The van der Waals surface area contributed by atoms with Gasteiger partial charge in [-0.3, -0.25) is 19.4 Å². The normalized spacial score (nSPS) is 35.5. The van der Waals surface area contributed by atoms with Crippen LogP contribution in [-0.2, 0) is 9.59 Å². The van der Waals surface area contributed by atoms with E-state index in [1.165, 1.54) is 69.8 Å². The Hall–Kier alpha value is -2.58. The lowest BCUT2D eigenvalue weighted by Crippen LogP contribution is -2.61. The van der Waals surface area contributed by atoms with Gasteiger partial charge >= 0.3 is 11.9 Å². The van der Waals surface area contributed by atoms with E-state index >= 15 is 0 Å². The molecule has 0 spiro atoms. The summed E-state index contributed by atoms with van der Waals surface area (Å²) in [5.41, 5.74) is 3.28. The zero-order chi connectivity index (χ0) is 28.8. The van der Waals surface area contributed by atoms with Crippen molar-refractivity contribution in [1.82, 2.24) is 9.80 Å². The summed E-state index contributed by atoms with van der Waals surface area (Å²) in [7, 11) is 0. The highest BCUT2D eigenvalue weighted by Crippen LogP contribution is 2.50. The van der Waals surface area contributed by atoms with E-state index < -0.39 is 11.9 Å². The number of fused-ring (bicyclic) bond motifs is 5. The molecule has 0 radical (unpaired) electrons. The van der Waals surface area contributed by atoms with Gasteiger partial charge in [0.1, 0.15) is 12.4 Å². The molecule has 2 saturated carbocycles. The summed E-state index contributed by atoms with van der Waals surface area (Å²) in [6.07, 6.45) is 17.8. The van der Waals surface area contributed by atoms with Crippen LogP contribution < -0.4 is 9.80 Å². The number of likely N-dealkylation sites (tertiary alicyclic amines) is 1. The van der Waals surface area contributed by atoms with Crippen molar-refractivity contribution in [2.75, 3.05) is 36.0 Å². The molecule has 2 N–H and O–H groups in total. The Kier molecular flexibility index (Phi) is 7.95. The Morgan fingerprint density at radius 1 is 0.714 bits per heavy atom. The van der Waals surface area contributed by atoms with Crippen LogP contribution in [0.25, 0.3) is 0 Å². The van der Waals surface area contributed by atoms with Crippen molar-refractivity contribution in [3.05, 3.63) is 35.7 Å². The Labute approximate surface area is 250 Å². The average molecular weight is 577 g/mol. The lowest BCUT2D eigenvalue weighted by atomic mass is 9.73. The van der Waals surface area contributed by atoms with E-state index in [2.05, 4.69) is 28.0 Å². The second-order valence-electron chi connectivity index (χ2n) is 14.2. The highest BCUT2D eigenvalue weighted by Gasteiger charge is 2.48. The minimum absolute atomic E-state index is 0.0224. The van der Waals surface area contributed by atoms with Gasteiger partial charge in [0.2, 0.25) is 0 Å². The minimum Gasteiger partial charge on any atom is -0.480 e. The molecule has 1 aromatic carbocycles. The number of anilines is 2. The van der Waals surface area contributed by atoms with Crippen molar-refractivity contribution in [2.45, 2.75) is 114 Å². The summed E-state index contributed by atoms with van der Waals surface area (Å²) in [6.45, 7) is 1.29. The number of para-hydroxylation sites is 2.